The Kier molecular flexibility index (Phi) is 25.8. The van der Waals surface area contributed by atoms with Crippen LogP contribution in [-0.2, 0) is 19.1 Å². The summed E-state index contributed by atoms with van der Waals surface area (Å²) in [5.41, 5.74) is 5.24. The number of carboxylic acids is 1. The third-order valence-electron chi connectivity index (χ3n) is 5.17. The molecule has 0 fully saturated rings. The smallest absolute Gasteiger partial charge is 0.548 e. The number of carbonyl (C=O) groups is 3. The fourth-order valence-corrected chi connectivity index (χ4v) is 3.26. The van der Waals surface area contributed by atoms with E-state index in [2.05, 4.69) is 11.7 Å². The Hall–Kier alpha value is 0.206. The molecule has 0 unspecified atom stereocenters. The van der Waals surface area contributed by atoms with Crippen molar-refractivity contribution in [2.24, 2.45) is 5.73 Å². The first kappa shape index (κ1) is 32.4. The number of unbranched alkanes of at least 4 members (excludes halogenated alkanes) is 14. The van der Waals surface area contributed by atoms with E-state index in [4.69, 9.17) is 5.73 Å². The van der Waals surface area contributed by atoms with Crippen LogP contribution in [0.5, 0.6) is 0 Å². The van der Waals surface area contributed by atoms with Gasteiger partial charge in [0.05, 0.1) is 5.97 Å². The zero-order valence-electron chi connectivity index (χ0n) is 19.4. The molecule has 0 aliphatic heterocycles. The van der Waals surface area contributed by atoms with Gasteiger partial charge < -0.3 is 20.4 Å². The number of carboxylic acid groups (broad SMARTS) is 1. The molecule has 7 heteroatoms. The Labute approximate surface area is 225 Å². The fourth-order valence-electron chi connectivity index (χ4n) is 3.26. The molecule has 0 aromatic heterocycles. The quantitative estimate of drug-likeness (QED) is 0.129. The van der Waals surface area contributed by atoms with Gasteiger partial charge in [0.15, 0.2) is 0 Å². The van der Waals surface area contributed by atoms with Crippen molar-refractivity contribution >= 4 is 17.9 Å². The molecule has 0 saturated carbocycles. The van der Waals surface area contributed by atoms with Crippen molar-refractivity contribution in [1.82, 2.24) is 0 Å². The van der Waals surface area contributed by atoms with Gasteiger partial charge in [-0.15, -0.1) is 0 Å². The van der Waals surface area contributed by atoms with Gasteiger partial charge in [0, 0.05) is 18.9 Å². The van der Waals surface area contributed by atoms with Crippen LogP contribution < -0.4 is 62.2 Å². The van der Waals surface area contributed by atoms with E-state index < -0.39 is 23.9 Å². The molecular formula is C23H42KNO5. The van der Waals surface area contributed by atoms with Gasteiger partial charge in [0.1, 0.15) is 0 Å². The first-order valence-electron chi connectivity index (χ1n) is 11.7. The second-order valence-electron chi connectivity index (χ2n) is 8.01. The van der Waals surface area contributed by atoms with Crippen molar-refractivity contribution in [1.29, 1.82) is 0 Å². The van der Waals surface area contributed by atoms with Crippen LogP contribution in [0.25, 0.3) is 0 Å². The van der Waals surface area contributed by atoms with Crippen molar-refractivity contribution in [3.63, 3.8) is 0 Å². The maximum absolute atomic E-state index is 11.6. The molecule has 0 radical (unpaired) electrons. The first-order valence-corrected chi connectivity index (χ1v) is 11.7. The molecular weight excluding hydrogens is 409 g/mol. The van der Waals surface area contributed by atoms with Crippen molar-refractivity contribution in [3.05, 3.63) is 0 Å². The van der Waals surface area contributed by atoms with E-state index in [1.165, 1.54) is 77.0 Å². The predicted molar refractivity (Wildman–Crippen MR) is 113 cm³/mol. The van der Waals surface area contributed by atoms with E-state index in [-0.39, 0.29) is 70.6 Å². The van der Waals surface area contributed by atoms with Gasteiger partial charge in [-0.3, -0.25) is 9.59 Å². The van der Waals surface area contributed by atoms with Crippen LogP contribution in [0.15, 0.2) is 0 Å². The molecule has 1 atom stereocenters. The van der Waals surface area contributed by atoms with Gasteiger partial charge in [0.2, 0.25) is 0 Å². The van der Waals surface area contributed by atoms with Crippen LogP contribution in [0.1, 0.15) is 122 Å². The summed E-state index contributed by atoms with van der Waals surface area (Å²) >= 11 is 0. The Morgan fingerprint density at radius 1 is 0.700 bits per heavy atom. The minimum Gasteiger partial charge on any atom is -0.548 e. The van der Waals surface area contributed by atoms with Gasteiger partial charge in [-0.25, -0.2) is 0 Å². The number of esters is 2. The van der Waals surface area contributed by atoms with Gasteiger partial charge in [-0.1, -0.05) is 96.8 Å². The van der Waals surface area contributed by atoms with Crippen LogP contribution in [0, 0.1) is 0 Å². The van der Waals surface area contributed by atoms with E-state index in [0.717, 1.165) is 12.8 Å². The summed E-state index contributed by atoms with van der Waals surface area (Å²) in [6, 6.07) is -1.21. The van der Waals surface area contributed by atoms with Gasteiger partial charge >= 0.3 is 63.3 Å². The molecule has 0 bridgehead atoms. The average Bonchev–Trinajstić information content (AvgIpc) is 2.68. The molecule has 0 aromatic carbocycles. The molecule has 0 heterocycles. The van der Waals surface area contributed by atoms with Crippen molar-refractivity contribution in [3.8, 4) is 0 Å². The number of ether oxygens (including phenoxy) is 1. The molecule has 170 valence electrons. The van der Waals surface area contributed by atoms with E-state index >= 15 is 0 Å². The second-order valence-corrected chi connectivity index (χ2v) is 8.01. The Morgan fingerprint density at radius 3 is 1.47 bits per heavy atom. The molecule has 30 heavy (non-hydrogen) atoms. The van der Waals surface area contributed by atoms with E-state index in [1.54, 1.807) is 0 Å². The monoisotopic (exact) mass is 451 g/mol. The normalized spacial score (nSPS) is 11.5. The van der Waals surface area contributed by atoms with Crippen LogP contribution in [0.4, 0.5) is 0 Å². The number of hydrogen-bond acceptors (Lipinski definition) is 6. The number of hydrogen-bond donors (Lipinski definition) is 1. The van der Waals surface area contributed by atoms with Crippen LogP contribution in [0.3, 0.4) is 0 Å². The molecule has 0 amide bonds. The predicted octanol–water partition coefficient (Wildman–Crippen LogP) is 1.18. The Morgan fingerprint density at radius 2 is 1.07 bits per heavy atom. The van der Waals surface area contributed by atoms with E-state index in [9.17, 15) is 19.5 Å². The maximum atomic E-state index is 11.6. The topological polar surface area (TPSA) is 110 Å². The third-order valence-corrected chi connectivity index (χ3v) is 5.17. The minimum atomic E-state index is -1.41. The van der Waals surface area contributed by atoms with Crippen molar-refractivity contribution < 1.29 is 75.6 Å². The SMILES string of the molecule is CCCCCCCCCCCCCCCCCC(=O)OC(=O)CC[C@H](N)C(=O)[O-].[K+]. The van der Waals surface area contributed by atoms with Crippen LogP contribution in [0.2, 0.25) is 0 Å². The summed E-state index contributed by atoms with van der Waals surface area (Å²) in [7, 11) is 0. The molecule has 0 rings (SSSR count). The largest absolute Gasteiger partial charge is 1.00 e. The summed E-state index contributed by atoms with van der Waals surface area (Å²) in [4.78, 5) is 33.4. The number of nitrogens with two attached hydrogens (primary N) is 1. The van der Waals surface area contributed by atoms with Gasteiger partial charge in [-0.05, 0) is 12.8 Å². The second kappa shape index (κ2) is 23.9. The average molecular weight is 452 g/mol. The molecule has 6 nitrogen and oxygen atoms in total. The number of aliphatic carboxylic acids is 1. The number of rotatable bonds is 20. The van der Waals surface area contributed by atoms with Crippen molar-refractivity contribution in [2.45, 2.75) is 129 Å². The van der Waals surface area contributed by atoms with Crippen LogP contribution in [-0.4, -0.2) is 23.9 Å². The van der Waals surface area contributed by atoms with Gasteiger partial charge in [0.25, 0.3) is 0 Å². The van der Waals surface area contributed by atoms with E-state index in [0.29, 0.717) is 6.42 Å². The van der Waals surface area contributed by atoms with Crippen LogP contribution >= 0.6 is 0 Å². The van der Waals surface area contributed by atoms with Crippen molar-refractivity contribution in [2.75, 3.05) is 0 Å². The molecule has 0 aliphatic rings. The standard InChI is InChI=1S/C23H43NO5.K/c1-2-3-4-5-6-7-8-9-10-11-12-13-14-15-16-17-21(25)29-22(26)19-18-20(24)23(27)28;/h20H,2-19,24H2,1H3,(H,27,28);/q;+1/p-1/t20-;/m0./s1. The third kappa shape index (κ3) is 22.9. The summed E-state index contributed by atoms with van der Waals surface area (Å²) < 4.78 is 4.65. The first-order chi connectivity index (χ1) is 14.0. The summed E-state index contributed by atoms with van der Waals surface area (Å²) in [6.45, 7) is 2.25. The van der Waals surface area contributed by atoms with Gasteiger partial charge in [-0.2, -0.15) is 0 Å². The molecule has 0 spiro atoms. The molecule has 0 saturated heterocycles. The summed E-state index contributed by atoms with van der Waals surface area (Å²) in [5, 5.41) is 10.4. The summed E-state index contributed by atoms with van der Waals surface area (Å²) in [6.07, 6.45) is 18.7. The Bertz CT molecular complexity index is 445. The maximum Gasteiger partial charge on any atom is 1.00 e. The summed E-state index contributed by atoms with van der Waals surface area (Å²) in [5.74, 6) is -2.69. The zero-order valence-corrected chi connectivity index (χ0v) is 22.5. The fraction of sp³-hybridized carbons (Fsp3) is 0.870. The Balaban J connectivity index is 0. The zero-order chi connectivity index (χ0) is 21.7. The number of carbonyl (C=O) groups excluding carboxylic acids is 3. The minimum absolute atomic E-state index is 0. The molecule has 0 aromatic rings. The van der Waals surface area contributed by atoms with E-state index in [1.807, 2.05) is 0 Å². The molecule has 2 N–H and O–H groups in total. The molecule has 0 aliphatic carbocycles.